The predicted molar refractivity (Wildman–Crippen MR) is 57.1 cm³/mol. The van der Waals surface area contributed by atoms with Crippen molar-refractivity contribution >= 4 is 0 Å². The van der Waals surface area contributed by atoms with Crippen LogP contribution < -0.4 is 11.1 Å². The summed E-state index contributed by atoms with van der Waals surface area (Å²) in [6.45, 7) is 3.76. The lowest BCUT2D eigenvalue weighted by molar-refractivity contribution is 0.0404. The Hall–Kier alpha value is -0.120. The molecule has 0 spiro atoms. The van der Waals surface area contributed by atoms with Crippen LogP contribution in [0.2, 0.25) is 0 Å². The molecule has 1 aliphatic heterocycles. The van der Waals surface area contributed by atoms with E-state index in [1.807, 2.05) is 0 Å². The van der Waals surface area contributed by atoms with Crippen LogP contribution in [0.3, 0.4) is 0 Å². The molecule has 0 radical (unpaired) electrons. The third kappa shape index (κ3) is 2.94. The van der Waals surface area contributed by atoms with Gasteiger partial charge in [-0.25, -0.2) is 0 Å². The van der Waals surface area contributed by atoms with Gasteiger partial charge in [0.25, 0.3) is 0 Å². The molecule has 2 rings (SSSR count). The lowest BCUT2D eigenvalue weighted by Crippen LogP contribution is -2.45. The predicted octanol–water partition coefficient (Wildman–Crippen LogP) is 0.740. The molecule has 1 aliphatic carbocycles. The SMILES string of the molecule is NCC(NCC1CC1)C1CCCOC1. The number of hydrogen-bond acceptors (Lipinski definition) is 3. The highest BCUT2D eigenvalue weighted by atomic mass is 16.5. The second-order valence-corrected chi connectivity index (χ2v) is 4.67. The number of hydrogen-bond donors (Lipinski definition) is 2. The van der Waals surface area contributed by atoms with Crippen molar-refractivity contribution in [2.45, 2.75) is 31.7 Å². The zero-order valence-corrected chi connectivity index (χ0v) is 8.87. The second kappa shape index (κ2) is 5.10. The Morgan fingerprint density at radius 1 is 1.36 bits per heavy atom. The van der Waals surface area contributed by atoms with Gasteiger partial charge in [-0.1, -0.05) is 0 Å². The molecule has 0 aromatic rings. The molecule has 3 heteroatoms. The van der Waals surface area contributed by atoms with Crippen molar-refractivity contribution in [2.24, 2.45) is 17.6 Å². The number of ether oxygens (including phenoxy) is 1. The number of rotatable bonds is 5. The lowest BCUT2D eigenvalue weighted by Gasteiger charge is -2.30. The summed E-state index contributed by atoms with van der Waals surface area (Å²) in [6.07, 6.45) is 5.29. The molecule has 0 amide bonds. The maximum absolute atomic E-state index is 5.79. The van der Waals surface area contributed by atoms with Crippen LogP contribution in [0.4, 0.5) is 0 Å². The van der Waals surface area contributed by atoms with Crippen LogP contribution in [-0.4, -0.2) is 32.3 Å². The average molecular weight is 198 g/mol. The van der Waals surface area contributed by atoms with Gasteiger partial charge in [0.1, 0.15) is 0 Å². The molecule has 1 saturated carbocycles. The fourth-order valence-electron chi connectivity index (χ4n) is 2.17. The summed E-state index contributed by atoms with van der Waals surface area (Å²) < 4.78 is 5.49. The van der Waals surface area contributed by atoms with Crippen LogP contribution in [0.5, 0.6) is 0 Å². The molecule has 1 heterocycles. The lowest BCUT2D eigenvalue weighted by atomic mass is 9.93. The standard InChI is InChI=1S/C11H22N2O/c12-6-11(13-7-9-3-4-9)10-2-1-5-14-8-10/h9-11,13H,1-8,12H2. The minimum atomic E-state index is 0.482. The molecule has 14 heavy (non-hydrogen) atoms. The maximum atomic E-state index is 5.79. The van der Waals surface area contributed by atoms with E-state index >= 15 is 0 Å². The molecule has 2 fully saturated rings. The fourth-order valence-corrected chi connectivity index (χ4v) is 2.17. The number of nitrogens with one attached hydrogen (secondary N) is 1. The molecule has 0 bridgehead atoms. The summed E-state index contributed by atoms with van der Waals surface area (Å²) in [5, 5.41) is 3.60. The number of nitrogens with two attached hydrogens (primary N) is 1. The van der Waals surface area contributed by atoms with Gasteiger partial charge in [-0.05, 0) is 44.1 Å². The highest BCUT2D eigenvalue weighted by molar-refractivity contribution is 4.83. The topological polar surface area (TPSA) is 47.3 Å². The fraction of sp³-hybridized carbons (Fsp3) is 1.00. The molecule has 0 aromatic heterocycles. The van der Waals surface area contributed by atoms with E-state index in [0.29, 0.717) is 12.0 Å². The van der Waals surface area contributed by atoms with Crippen LogP contribution >= 0.6 is 0 Å². The first kappa shape index (κ1) is 10.4. The van der Waals surface area contributed by atoms with Crippen molar-refractivity contribution in [3.8, 4) is 0 Å². The van der Waals surface area contributed by atoms with Gasteiger partial charge in [-0.3, -0.25) is 0 Å². The minimum absolute atomic E-state index is 0.482. The Morgan fingerprint density at radius 3 is 2.79 bits per heavy atom. The van der Waals surface area contributed by atoms with Crippen molar-refractivity contribution in [1.82, 2.24) is 5.32 Å². The third-order valence-corrected chi connectivity index (χ3v) is 3.38. The van der Waals surface area contributed by atoms with E-state index in [1.165, 1.54) is 32.2 Å². The Kier molecular flexibility index (Phi) is 3.79. The van der Waals surface area contributed by atoms with Gasteiger partial charge in [0.2, 0.25) is 0 Å². The summed E-state index contributed by atoms with van der Waals surface area (Å²) >= 11 is 0. The Labute approximate surface area is 86.4 Å². The van der Waals surface area contributed by atoms with Crippen LogP contribution in [0.1, 0.15) is 25.7 Å². The molecule has 2 atom stereocenters. The molecular formula is C11H22N2O. The van der Waals surface area contributed by atoms with Crippen molar-refractivity contribution in [3.05, 3.63) is 0 Å². The third-order valence-electron chi connectivity index (χ3n) is 3.38. The smallest absolute Gasteiger partial charge is 0.0509 e. The van der Waals surface area contributed by atoms with Crippen LogP contribution in [0.25, 0.3) is 0 Å². The van der Waals surface area contributed by atoms with E-state index < -0.39 is 0 Å². The largest absolute Gasteiger partial charge is 0.381 e. The van der Waals surface area contributed by atoms with Gasteiger partial charge in [-0.15, -0.1) is 0 Å². The molecule has 82 valence electrons. The molecule has 2 aliphatic rings. The van der Waals surface area contributed by atoms with Gasteiger partial charge in [0.05, 0.1) is 6.61 Å². The monoisotopic (exact) mass is 198 g/mol. The second-order valence-electron chi connectivity index (χ2n) is 4.67. The Morgan fingerprint density at radius 2 is 2.21 bits per heavy atom. The van der Waals surface area contributed by atoms with Crippen molar-refractivity contribution in [3.63, 3.8) is 0 Å². The highest BCUT2D eigenvalue weighted by Gasteiger charge is 2.26. The molecule has 3 nitrogen and oxygen atoms in total. The molecule has 2 unspecified atom stereocenters. The van der Waals surface area contributed by atoms with Crippen LogP contribution in [0, 0.1) is 11.8 Å². The van der Waals surface area contributed by atoms with E-state index in [4.69, 9.17) is 10.5 Å². The van der Waals surface area contributed by atoms with E-state index in [-0.39, 0.29) is 0 Å². The van der Waals surface area contributed by atoms with Crippen LogP contribution in [-0.2, 0) is 4.74 Å². The van der Waals surface area contributed by atoms with Gasteiger partial charge >= 0.3 is 0 Å². The van der Waals surface area contributed by atoms with Crippen molar-refractivity contribution in [2.75, 3.05) is 26.3 Å². The summed E-state index contributed by atoms with van der Waals surface area (Å²) in [6, 6.07) is 0.482. The summed E-state index contributed by atoms with van der Waals surface area (Å²) in [5.41, 5.74) is 5.79. The molecule has 0 aromatic carbocycles. The van der Waals surface area contributed by atoms with E-state index in [9.17, 15) is 0 Å². The molecule has 1 saturated heterocycles. The summed E-state index contributed by atoms with van der Waals surface area (Å²) in [5.74, 6) is 1.58. The normalized spacial score (nSPS) is 30.2. The van der Waals surface area contributed by atoms with Gasteiger partial charge in [0, 0.05) is 19.2 Å². The Bertz CT molecular complexity index is 165. The van der Waals surface area contributed by atoms with Gasteiger partial charge < -0.3 is 15.8 Å². The summed E-state index contributed by atoms with van der Waals surface area (Å²) in [4.78, 5) is 0. The van der Waals surface area contributed by atoms with E-state index in [2.05, 4.69) is 5.32 Å². The van der Waals surface area contributed by atoms with E-state index in [1.54, 1.807) is 0 Å². The van der Waals surface area contributed by atoms with E-state index in [0.717, 1.165) is 25.7 Å². The first-order chi connectivity index (χ1) is 6.90. The van der Waals surface area contributed by atoms with Crippen LogP contribution in [0.15, 0.2) is 0 Å². The highest BCUT2D eigenvalue weighted by Crippen LogP contribution is 2.28. The summed E-state index contributed by atoms with van der Waals surface area (Å²) in [7, 11) is 0. The molecular weight excluding hydrogens is 176 g/mol. The first-order valence-corrected chi connectivity index (χ1v) is 5.91. The van der Waals surface area contributed by atoms with Gasteiger partial charge in [-0.2, -0.15) is 0 Å². The van der Waals surface area contributed by atoms with Crippen molar-refractivity contribution < 1.29 is 4.74 Å². The zero-order chi connectivity index (χ0) is 9.80. The Balaban J connectivity index is 1.71. The quantitative estimate of drug-likeness (QED) is 0.685. The maximum Gasteiger partial charge on any atom is 0.0509 e. The zero-order valence-electron chi connectivity index (χ0n) is 8.87. The minimum Gasteiger partial charge on any atom is -0.381 e. The van der Waals surface area contributed by atoms with Gasteiger partial charge in [0.15, 0.2) is 0 Å². The van der Waals surface area contributed by atoms with Crippen molar-refractivity contribution in [1.29, 1.82) is 0 Å². The molecule has 3 N–H and O–H groups in total. The average Bonchev–Trinajstić information content (AvgIpc) is 3.04. The first-order valence-electron chi connectivity index (χ1n) is 5.91.